The summed E-state index contributed by atoms with van der Waals surface area (Å²) in [6.45, 7) is 0. The summed E-state index contributed by atoms with van der Waals surface area (Å²) in [7, 11) is 1.43. The van der Waals surface area contributed by atoms with Crippen molar-refractivity contribution >= 4 is 39.2 Å². The van der Waals surface area contributed by atoms with Crippen LogP contribution in [0.25, 0.3) is 10.9 Å². The molecule has 19 heavy (non-hydrogen) atoms. The summed E-state index contributed by atoms with van der Waals surface area (Å²) in [4.78, 5) is 27.6. The maximum atomic E-state index is 11.4. The predicted molar refractivity (Wildman–Crippen MR) is 73.6 cm³/mol. The first kappa shape index (κ1) is 13.5. The molecule has 0 radical (unpaired) electrons. The number of rotatable bonds is 4. The van der Waals surface area contributed by atoms with Crippen molar-refractivity contribution in [1.29, 1.82) is 0 Å². The number of hydrogen-bond donors (Lipinski definition) is 1. The van der Waals surface area contributed by atoms with Crippen LogP contribution >= 0.6 is 15.9 Å². The highest BCUT2D eigenvalue weighted by Crippen LogP contribution is 2.30. The molecule has 0 spiro atoms. The van der Waals surface area contributed by atoms with E-state index in [1.807, 2.05) is 6.07 Å². The van der Waals surface area contributed by atoms with E-state index in [-0.39, 0.29) is 0 Å². The fourth-order valence-corrected chi connectivity index (χ4v) is 2.42. The lowest BCUT2D eigenvalue weighted by molar-refractivity contribution is -0.145. The third kappa shape index (κ3) is 2.44. The van der Waals surface area contributed by atoms with Gasteiger partial charge in [0.05, 0.1) is 5.52 Å². The molecule has 6 heteroatoms. The maximum absolute atomic E-state index is 11.4. The van der Waals surface area contributed by atoms with Gasteiger partial charge in [-0.15, -0.1) is 0 Å². The Morgan fingerprint density at radius 3 is 2.84 bits per heavy atom. The summed E-state index contributed by atoms with van der Waals surface area (Å²) < 4.78 is 0.831. The summed E-state index contributed by atoms with van der Waals surface area (Å²) in [5.41, 5.74) is 1.05. The zero-order chi connectivity index (χ0) is 14.0. The van der Waals surface area contributed by atoms with Gasteiger partial charge >= 0.3 is 5.97 Å². The number of aromatic nitrogens is 1. The first-order valence-corrected chi connectivity index (χ1v) is 6.28. The summed E-state index contributed by atoms with van der Waals surface area (Å²) in [6.07, 6.45) is 2.09. The molecule has 1 aromatic heterocycles. The molecule has 5 nitrogen and oxygen atoms in total. The average molecular weight is 323 g/mol. The van der Waals surface area contributed by atoms with E-state index in [2.05, 4.69) is 20.9 Å². The third-order valence-electron chi connectivity index (χ3n) is 2.85. The van der Waals surface area contributed by atoms with E-state index < -0.39 is 12.0 Å². The van der Waals surface area contributed by atoms with Crippen LogP contribution in [-0.4, -0.2) is 34.4 Å². The van der Waals surface area contributed by atoms with Crippen LogP contribution in [0.2, 0.25) is 0 Å². The molecule has 1 aromatic carbocycles. The number of likely N-dealkylation sites (N-methyl/N-ethyl adjacent to an activating group) is 1. The Morgan fingerprint density at radius 1 is 1.47 bits per heavy atom. The molecule has 0 saturated heterocycles. The van der Waals surface area contributed by atoms with Crippen molar-refractivity contribution in [1.82, 2.24) is 9.88 Å². The van der Waals surface area contributed by atoms with Crippen LogP contribution in [-0.2, 0) is 9.59 Å². The first-order chi connectivity index (χ1) is 9.06. The molecule has 1 unspecified atom stereocenters. The minimum Gasteiger partial charge on any atom is -0.479 e. The zero-order valence-corrected chi connectivity index (χ0v) is 11.7. The molecule has 1 amide bonds. The fraction of sp³-hybridized carbons (Fsp3) is 0.154. The highest BCUT2D eigenvalue weighted by atomic mass is 79.9. The number of nitrogens with zero attached hydrogens (tertiary/aromatic N) is 2. The molecule has 2 aromatic rings. The van der Waals surface area contributed by atoms with Gasteiger partial charge in [0.2, 0.25) is 6.41 Å². The topological polar surface area (TPSA) is 70.5 Å². The molecular weight excluding hydrogens is 312 g/mol. The fourth-order valence-electron chi connectivity index (χ4n) is 1.97. The number of carboxylic acid groups (broad SMARTS) is 1. The number of benzene rings is 1. The molecule has 0 aliphatic carbocycles. The molecule has 0 aliphatic heterocycles. The predicted octanol–water partition coefficient (Wildman–Crippen LogP) is 2.21. The number of amides is 1. The Morgan fingerprint density at radius 2 is 2.21 bits per heavy atom. The first-order valence-electron chi connectivity index (χ1n) is 5.49. The standard InChI is InChI=1S/C13H11BrN2O3/c1-16(7-17)12(13(18)19)9-4-5-10(14)8-3-2-6-15-11(8)9/h2-7,12H,1H3,(H,18,19). The Hall–Kier alpha value is -1.95. The number of pyridine rings is 1. The number of hydrogen-bond acceptors (Lipinski definition) is 3. The van der Waals surface area contributed by atoms with Gasteiger partial charge < -0.3 is 10.0 Å². The molecule has 0 saturated carbocycles. The molecule has 1 heterocycles. The van der Waals surface area contributed by atoms with Gasteiger partial charge in [0.25, 0.3) is 0 Å². The Bertz CT molecular complexity index is 645. The van der Waals surface area contributed by atoms with Crippen LogP contribution in [0.1, 0.15) is 11.6 Å². The van der Waals surface area contributed by atoms with E-state index in [4.69, 9.17) is 0 Å². The van der Waals surface area contributed by atoms with Crippen molar-refractivity contribution in [2.75, 3.05) is 7.05 Å². The minimum atomic E-state index is -1.09. The number of carboxylic acids is 1. The molecular formula is C13H11BrN2O3. The van der Waals surface area contributed by atoms with Crippen LogP contribution in [0, 0.1) is 0 Å². The molecule has 1 atom stereocenters. The maximum Gasteiger partial charge on any atom is 0.331 e. The number of halogens is 1. The lowest BCUT2D eigenvalue weighted by Gasteiger charge is -2.22. The van der Waals surface area contributed by atoms with E-state index in [9.17, 15) is 14.7 Å². The van der Waals surface area contributed by atoms with Crippen LogP contribution < -0.4 is 0 Å². The van der Waals surface area contributed by atoms with Crippen LogP contribution in [0.4, 0.5) is 0 Å². The van der Waals surface area contributed by atoms with Crippen molar-refractivity contribution in [3.63, 3.8) is 0 Å². The average Bonchev–Trinajstić information content (AvgIpc) is 2.41. The number of carbonyl (C=O) groups excluding carboxylic acids is 1. The number of aliphatic carboxylic acids is 1. The number of carbonyl (C=O) groups is 2. The van der Waals surface area contributed by atoms with Gasteiger partial charge in [-0.3, -0.25) is 9.78 Å². The van der Waals surface area contributed by atoms with Gasteiger partial charge in [-0.05, 0) is 12.1 Å². The van der Waals surface area contributed by atoms with Crippen LogP contribution in [0.3, 0.4) is 0 Å². The van der Waals surface area contributed by atoms with Gasteiger partial charge in [0, 0.05) is 28.7 Å². The summed E-state index contributed by atoms with van der Waals surface area (Å²) in [5, 5.41) is 10.1. The second kappa shape index (κ2) is 5.36. The van der Waals surface area contributed by atoms with Crippen molar-refractivity contribution < 1.29 is 14.7 Å². The van der Waals surface area contributed by atoms with E-state index in [1.165, 1.54) is 7.05 Å². The summed E-state index contributed by atoms with van der Waals surface area (Å²) in [6, 6.07) is 5.99. The molecule has 0 aliphatic rings. The van der Waals surface area contributed by atoms with Crippen molar-refractivity contribution in [3.8, 4) is 0 Å². The van der Waals surface area contributed by atoms with Gasteiger partial charge in [-0.1, -0.05) is 28.1 Å². The van der Waals surface area contributed by atoms with Gasteiger partial charge in [-0.25, -0.2) is 4.79 Å². The molecule has 1 N–H and O–H groups in total. The lowest BCUT2D eigenvalue weighted by Crippen LogP contribution is -2.30. The lowest BCUT2D eigenvalue weighted by atomic mass is 10.0. The Balaban J connectivity index is 2.70. The van der Waals surface area contributed by atoms with E-state index in [0.29, 0.717) is 17.5 Å². The SMILES string of the molecule is CN(C=O)C(C(=O)O)c1ccc(Br)c2cccnc12. The van der Waals surface area contributed by atoms with Crippen molar-refractivity contribution in [3.05, 3.63) is 40.5 Å². The van der Waals surface area contributed by atoms with E-state index in [0.717, 1.165) is 14.8 Å². The largest absolute Gasteiger partial charge is 0.479 e. The zero-order valence-electron chi connectivity index (χ0n) is 10.1. The summed E-state index contributed by atoms with van der Waals surface area (Å²) >= 11 is 3.40. The van der Waals surface area contributed by atoms with Crippen molar-refractivity contribution in [2.24, 2.45) is 0 Å². The Labute approximate surface area is 118 Å². The monoisotopic (exact) mass is 322 g/mol. The Kier molecular flexibility index (Phi) is 3.80. The summed E-state index contributed by atoms with van der Waals surface area (Å²) in [5.74, 6) is -1.09. The van der Waals surface area contributed by atoms with Crippen LogP contribution in [0.5, 0.6) is 0 Å². The second-order valence-corrected chi connectivity index (χ2v) is 4.90. The molecule has 98 valence electrons. The minimum absolute atomic E-state index is 0.487. The second-order valence-electron chi connectivity index (χ2n) is 4.05. The normalized spacial score (nSPS) is 12.1. The molecule has 2 rings (SSSR count). The van der Waals surface area contributed by atoms with E-state index >= 15 is 0 Å². The molecule has 0 fully saturated rings. The van der Waals surface area contributed by atoms with Gasteiger partial charge in [0.1, 0.15) is 0 Å². The quantitative estimate of drug-likeness (QED) is 0.876. The van der Waals surface area contributed by atoms with Gasteiger partial charge in [-0.2, -0.15) is 0 Å². The highest BCUT2D eigenvalue weighted by Gasteiger charge is 2.26. The van der Waals surface area contributed by atoms with Crippen LogP contribution in [0.15, 0.2) is 34.9 Å². The van der Waals surface area contributed by atoms with E-state index in [1.54, 1.807) is 24.4 Å². The van der Waals surface area contributed by atoms with Crippen molar-refractivity contribution in [2.45, 2.75) is 6.04 Å². The smallest absolute Gasteiger partial charge is 0.331 e. The third-order valence-corrected chi connectivity index (χ3v) is 3.54. The molecule has 0 bridgehead atoms. The van der Waals surface area contributed by atoms with Gasteiger partial charge in [0.15, 0.2) is 6.04 Å². The highest BCUT2D eigenvalue weighted by molar-refractivity contribution is 9.10. The number of fused-ring (bicyclic) bond motifs is 1.